The van der Waals surface area contributed by atoms with Gasteiger partial charge in [-0.25, -0.2) is 0 Å². The normalized spacial score (nSPS) is 9.76. The van der Waals surface area contributed by atoms with Crippen molar-refractivity contribution >= 4 is 25.8 Å². The van der Waals surface area contributed by atoms with Gasteiger partial charge in [0.2, 0.25) is 0 Å². The van der Waals surface area contributed by atoms with E-state index in [-0.39, 0.29) is 0 Å². The third kappa shape index (κ3) is 16.2. The molecular weight excluding hydrogens is 623 g/mol. The molecule has 0 bridgehead atoms. The first-order chi connectivity index (χ1) is 24.9. The van der Waals surface area contributed by atoms with Crippen molar-refractivity contribution in [3.8, 4) is 16.9 Å². The maximum Gasteiger partial charge on any atom is 0.126 e. The maximum atomic E-state index is 5.50. The fraction of sp³-hybridized carbons (Fsp3) is 0.128. The second kappa shape index (κ2) is 24.9. The average molecular weight is 674 g/mol. The van der Waals surface area contributed by atoms with Crippen molar-refractivity contribution in [3.05, 3.63) is 203 Å². The summed E-state index contributed by atoms with van der Waals surface area (Å²) in [6.45, 7) is 16.6. The van der Waals surface area contributed by atoms with Crippen LogP contribution in [0.2, 0.25) is 0 Å². The van der Waals surface area contributed by atoms with Gasteiger partial charge < -0.3 is 10.1 Å². The van der Waals surface area contributed by atoms with Gasteiger partial charge >= 0.3 is 0 Å². The summed E-state index contributed by atoms with van der Waals surface area (Å²) >= 11 is 0. The number of aryl methyl sites for hydroxylation is 3. The number of aliphatic imine (C=N–C) groups is 2. The van der Waals surface area contributed by atoms with Crippen LogP contribution in [0, 0.1) is 26.2 Å². The van der Waals surface area contributed by atoms with E-state index in [4.69, 9.17) is 10.1 Å². The van der Waals surface area contributed by atoms with E-state index in [0.717, 1.165) is 41.1 Å². The Morgan fingerprint density at radius 2 is 1.08 bits per heavy atom. The summed E-state index contributed by atoms with van der Waals surface area (Å²) < 4.78 is 5.45. The van der Waals surface area contributed by atoms with E-state index >= 15 is 0 Å². The van der Waals surface area contributed by atoms with E-state index < -0.39 is 0 Å². The molecule has 1 N–H and O–H groups in total. The lowest BCUT2D eigenvalue weighted by atomic mass is 10.0. The molecule has 6 aromatic carbocycles. The SMILES string of the molecule is C=N.C=N/C(=C\Cc1ccccc1)c1ccc(-c2ccccc2OC)cc1.C=NCc1ccccc1.Cc1cccc(C)c1.Cc1ccccc1. The van der Waals surface area contributed by atoms with Gasteiger partial charge in [0.15, 0.2) is 0 Å². The van der Waals surface area contributed by atoms with Gasteiger partial charge in [-0.1, -0.05) is 180 Å². The van der Waals surface area contributed by atoms with Crippen LogP contribution in [0.3, 0.4) is 0 Å². The van der Waals surface area contributed by atoms with Crippen LogP contribution in [0.25, 0.3) is 16.8 Å². The van der Waals surface area contributed by atoms with Crippen LogP contribution in [0.4, 0.5) is 0 Å². The second-order valence-electron chi connectivity index (χ2n) is 11.4. The van der Waals surface area contributed by atoms with Crippen molar-refractivity contribution in [1.29, 1.82) is 5.41 Å². The summed E-state index contributed by atoms with van der Waals surface area (Å²) in [4.78, 5) is 7.95. The molecule has 4 nitrogen and oxygen atoms in total. The molecule has 6 aromatic rings. The van der Waals surface area contributed by atoms with Crippen LogP contribution >= 0.6 is 0 Å². The molecule has 0 saturated heterocycles. The highest BCUT2D eigenvalue weighted by Gasteiger charge is 2.06. The zero-order valence-electron chi connectivity index (χ0n) is 30.5. The first kappa shape index (κ1) is 41.0. The molecule has 0 spiro atoms. The average Bonchev–Trinajstić information content (AvgIpc) is 3.18. The zero-order valence-corrected chi connectivity index (χ0v) is 30.5. The van der Waals surface area contributed by atoms with Gasteiger partial charge in [-0.15, -0.1) is 0 Å². The fourth-order valence-electron chi connectivity index (χ4n) is 4.86. The molecule has 0 fully saturated rings. The van der Waals surface area contributed by atoms with Crippen molar-refractivity contribution < 1.29 is 4.74 Å². The predicted octanol–water partition coefficient (Wildman–Crippen LogP) is 12.1. The van der Waals surface area contributed by atoms with E-state index in [0.29, 0.717) is 0 Å². The smallest absolute Gasteiger partial charge is 0.126 e. The molecule has 0 aromatic heterocycles. The molecular formula is C47H51N3O. The van der Waals surface area contributed by atoms with E-state index in [1.165, 1.54) is 27.8 Å². The lowest BCUT2D eigenvalue weighted by Crippen LogP contribution is -1.88. The maximum absolute atomic E-state index is 5.50. The topological polar surface area (TPSA) is 57.8 Å². The molecule has 0 aliphatic carbocycles. The molecule has 4 heteroatoms. The lowest BCUT2D eigenvalue weighted by molar-refractivity contribution is 0.416. The van der Waals surface area contributed by atoms with E-state index in [1.807, 2.05) is 84.9 Å². The fourth-order valence-corrected chi connectivity index (χ4v) is 4.86. The van der Waals surface area contributed by atoms with Crippen molar-refractivity contribution in [3.63, 3.8) is 0 Å². The highest BCUT2D eigenvalue weighted by Crippen LogP contribution is 2.30. The highest BCUT2D eigenvalue weighted by atomic mass is 16.5. The Hall–Kier alpha value is -6.13. The molecule has 0 aliphatic rings. The van der Waals surface area contributed by atoms with Crippen LogP contribution in [0.1, 0.15) is 33.4 Å². The van der Waals surface area contributed by atoms with Crippen LogP contribution in [0.15, 0.2) is 180 Å². The van der Waals surface area contributed by atoms with Gasteiger partial charge in [0.25, 0.3) is 0 Å². The summed E-state index contributed by atoms with van der Waals surface area (Å²) in [6.07, 6.45) is 2.95. The number of nitrogens with one attached hydrogen (secondary N) is 1. The minimum atomic E-state index is 0.723. The number of methoxy groups -OCH3 is 1. The van der Waals surface area contributed by atoms with E-state index in [9.17, 15) is 0 Å². The minimum Gasteiger partial charge on any atom is -0.496 e. The molecule has 0 aliphatic heterocycles. The van der Waals surface area contributed by atoms with Crippen molar-refractivity contribution in [2.75, 3.05) is 7.11 Å². The number of nitrogens with zero attached hydrogens (tertiary/aromatic N) is 2. The lowest BCUT2D eigenvalue weighted by Gasteiger charge is -2.09. The monoisotopic (exact) mass is 673 g/mol. The predicted molar refractivity (Wildman–Crippen MR) is 223 cm³/mol. The molecule has 0 atom stereocenters. The molecule has 6 rings (SSSR count). The summed E-state index contributed by atoms with van der Waals surface area (Å²) in [5.41, 5.74) is 10.6. The first-order valence-corrected chi connectivity index (χ1v) is 16.7. The highest BCUT2D eigenvalue weighted by molar-refractivity contribution is 5.74. The number of rotatable bonds is 8. The number of ether oxygens (including phenoxy) is 1. The van der Waals surface area contributed by atoms with Crippen molar-refractivity contribution in [2.24, 2.45) is 9.98 Å². The van der Waals surface area contributed by atoms with Crippen LogP contribution < -0.4 is 4.74 Å². The molecule has 0 amide bonds. The van der Waals surface area contributed by atoms with Gasteiger partial charge in [-0.05, 0) is 75.7 Å². The third-order valence-electron chi connectivity index (χ3n) is 7.39. The van der Waals surface area contributed by atoms with Gasteiger partial charge in [0.1, 0.15) is 5.75 Å². The molecule has 0 radical (unpaired) electrons. The Labute approximate surface area is 306 Å². The number of benzene rings is 6. The Kier molecular flexibility index (Phi) is 20.1. The van der Waals surface area contributed by atoms with Crippen molar-refractivity contribution in [1.82, 2.24) is 0 Å². The summed E-state index contributed by atoms with van der Waals surface area (Å²) in [5, 5.41) is 5.50. The molecule has 0 saturated carbocycles. The summed E-state index contributed by atoms with van der Waals surface area (Å²) in [6, 6.07) is 55.5. The van der Waals surface area contributed by atoms with E-state index in [2.05, 4.69) is 136 Å². The summed E-state index contributed by atoms with van der Waals surface area (Å²) in [7, 11) is 1.69. The molecule has 51 heavy (non-hydrogen) atoms. The Morgan fingerprint density at radius 3 is 1.53 bits per heavy atom. The summed E-state index contributed by atoms with van der Waals surface area (Å²) in [5.74, 6) is 0.872. The number of hydrogen-bond acceptors (Lipinski definition) is 4. The van der Waals surface area contributed by atoms with Gasteiger partial charge in [-0.2, -0.15) is 0 Å². The van der Waals surface area contributed by atoms with Crippen LogP contribution in [0.5, 0.6) is 5.75 Å². The first-order valence-electron chi connectivity index (χ1n) is 16.7. The molecule has 0 unspecified atom stereocenters. The Bertz CT molecular complexity index is 1830. The van der Waals surface area contributed by atoms with Crippen LogP contribution in [-0.2, 0) is 13.0 Å². The van der Waals surface area contributed by atoms with Crippen molar-refractivity contribution in [2.45, 2.75) is 33.7 Å². The minimum absolute atomic E-state index is 0.723. The van der Waals surface area contributed by atoms with Gasteiger partial charge in [0, 0.05) is 5.56 Å². The molecule has 0 heterocycles. The third-order valence-corrected chi connectivity index (χ3v) is 7.39. The van der Waals surface area contributed by atoms with Crippen LogP contribution in [-0.4, -0.2) is 27.3 Å². The Balaban J connectivity index is 0.000000281. The van der Waals surface area contributed by atoms with E-state index in [1.54, 1.807) is 7.11 Å². The zero-order chi connectivity index (χ0) is 37.1. The number of allylic oxidation sites excluding steroid dienone is 1. The number of para-hydroxylation sites is 1. The Morgan fingerprint density at radius 1 is 0.588 bits per heavy atom. The number of hydrogen-bond donors (Lipinski definition) is 1. The standard InChI is InChI=1S/C23H21NO.C8H9N.C8H10.C7H8.CH3N/c1-24-22(17-12-18-8-4-3-5-9-18)20-15-13-19(14-16-20)21-10-6-7-11-23(21)25-2;1-9-7-8-5-3-2-4-6-8;1-7-4-3-5-8(2)6-7;1-7-5-3-2-4-6-7;1-2/h3-11,13-17H,1,12H2,2H3;2-6H,1,7H2;3-6H,1-2H3;2-6H,1H3;2H,1H2/b22-17-;;;;. The van der Waals surface area contributed by atoms with Gasteiger partial charge in [0.05, 0.1) is 19.4 Å². The second-order valence-corrected chi connectivity index (χ2v) is 11.4. The quantitative estimate of drug-likeness (QED) is 0.161. The molecule has 260 valence electrons. The largest absolute Gasteiger partial charge is 0.496 e. The van der Waals surface area contributed by atoms with Gasteiger partial charge in [-0.3, -0.25) is 9.98 Å².